The van der Waals surface area contributed by atoms with Crippen molar-refractivity contribution in [2.24, 2.45) is 0 Å². The molecular weight excluding hydrogens is 258 g/mol. The lowest BCUT2D eigenvalue weighted by Gasteiger charge is -2.35. The topological polar surface area (TPSA) is 101 Å². The number of rotatable bonds is 3. The molecule has 20 heavy (non-hydrogen) atoms. The average Bonchev–Trinajstić information content (AvgIpc) is 2.37. The van der Waals surface area contributed by atoms with E-state index in [4.69, 9.17) is 5.73 Å². The van der Waals surface area contributed by atoms with E-state index in [0.717, 1.165) is 5.56 Å². The Kier molecular flexibility index (Phi) is 3.87. The van der Waals surface area contributed by atoms with Gasteiger partial charge in [-0.05, 0) is 12.3 Å². The fourth-order valence-electron chi connectivity index (χ4n) is 2.48. The summed E-state index contributed by atoms with van der Waals surface area (Å²) in [4.78, 5) is 33.5. The van der Waals surface area contributed by atoms with Crippen LogP contribution in [-0.2, 0) is 9.59 Å². The van der Waals surface area contributed by atoms with Crippen LogP contribution in [0.15, 0.2) is 6.33 Å². The van der Waals surface area contributed by atoms with Crippen LogP contribution in [0.25, 0.3) is 0 Å². The zero-order valence-electron chi connectivity index (χ0n) is 11.9. The van der Waals surface area contributed by atoms with Crippen molar-refractivity contribution < 1.29 is 9.59 Å². The lowest BCUT2D eigenvalue weighted by Crippen LogP contribution is -2.58. The van der Waals surface area contributed by atoms with E-state index in [-0.39, 0.29) is 24.3 Å². The number of nitrogen functional groups attached to an aromatic ring is 1. The van der Waals surface area contributed by atoms with Crippen molar-refractivity contribution in [1.29, 1.82) is 0 Å². The van der Waals surface area contributed by atoms with Gasteiger partial charge in [0.05, 0.1) is 6.54 Å². The molecule has 0 bridgehead atoms. The Bertz CT molecular complexity index is 544. The van der Waals surface area contributed by atoms with Gasteiger partial charge in [0.15, 0.2) is 0 Å². The largest absolute Gasteiger partial charge is 0.383 e. The molecule has 0 aliphatic carbocycles. The highest BCUT2D eigenvalue weighted by atomic mass is 16.2. The number of carbonyl (C=O) groups excluding carboxylic acids is 2. The molecule has 1 fully saturated rings. The first-order valence-corrected chi connectivity index (χ1v) is 6.66. The SMILES string of the molecule is CCC1C(=O)NC(=O)CN1c1ncnc(N)c1C(C)C. The van der Waals surface area contributed by atoms with Gasteiger partial charge in [0.25, 0.3) is 0 Å². The van der Waals surface area contributed by atoms with E-state index in [2.05, 4.69) is 15.3 Å². The number of nitrogens with two attached hydrogens (primary N) is 1. The first kappa shape index (κ1) is 14.2. The smallest absolute Gasteiger partial charge is 0.249 e. The van der Waals surface area contributed by atoms with Gasteiger partial charge in [-0.25, -0.2) is 9.97 Å². The summed E-state index contributed by atoms with van der Waals surface area (Å²) in [5, 5.41) is 2.35. The number of nitrogens with one attached hydrogen (secondary N) is 1. The zero-order chi connectivity index (χ0) is 14.9. The molecule has 1 aromatic heterocycles. The molecule has 1 unspecified atom stereocenters. The molecule has 0 spiro atoms. The summed E-state index contributed by atoms with van der Waals surface area (Å²) in [5.41, 5.74) is 6.69. The number of aromatic nitrogens is 2. The van der Waals surface area contributed by atoms with Crippen LogP contribution in [0.2, 0.25) is 0 Å². The van der Waals surface area contributed by atoms with Crippen LogP contribution in [0.1, 0.15) is 38.7 Å². The highest BCUT2D eigenvalue weighted by Crippen LogP contribution is 2.31. The summed E-state index contributed by atoms with van der Waals surface area (Å²) >= 11 is 0. The van der Waals surface area contributed by atoms with Crippen LogP contribution >= 0.6 is 0 Å². The van der Waals surface area contributed by atoms with E-state index < -0.39 is 6.04 Å². The van der Waals surface area contributed by atoms with Crippen LogP contribution in [0.4, 0.5) is 11.6 Å². The number of hydrogen-bond acceptors (Lipinski definition) is 6. The van der Waals surface area contributed by atoms with E-state index in [9.17, 15) is 9.59 Å². The quantitative estimate of drug-likeness (QED) is 0.777. The van der Waals surface area contributed by atoms with Gasteiger partial charge in [-0.3, -0.25) is 14.9 Å². The number of hydrogen-bond donors (Lipinski definition) is 2. The third kappa shape index (κ3) is 2.43. The van der Waals surface area contributed by atoms with Crippen molar-refractivity contribution in [2.45, 2.75) is 39.2 Å². The predicted molar refractivity (Wildman–Crippen MR) is 75.1 cm³/mol. The van der Waals surface area contributed by atoms with Crippen LogP contribution in [0.3, 0.4) is 0 Å². The van der Waals surface area contributed by atoms with Crippen molar-refractivity contribution in [3.8, 4) is 0 Å². The molecule has 1 aromatic rings. The van der Waals surface area contributed by atoms with E-state index in [0.29, 0.717) is 18.1 Å². The zero-order valence-corrected chi connectivity index (χ0v) is 11.9. The molecule has 2 heterocycles. The van der Waals surface area contributed by atoms with Crippen molar-refractivity contribution >= 4 is 23.5 Å². The first-order valence-electron chi connectivity index (χ1n) is 6.66. The fraction of sp³-hybridized carbons (Fsp3) is 0.538. The second-order valence-electron chi connectivity index (χ2n) is 5.12. The number of carbonyl (C=O) groups is 2. The van der Waals surface area contributed by atoms with E-state index in [1.807, 2.05) is 20.8 Å². The van der Waals surface area contributed by atoms with Gasteiger partial charge in [-0.2, -0.15) is 0 Å². The summed E-state index contributed by atoms with van der Waals surface area (Å²) in [7, 11) is 0. The number of anilines is 2. The summed E-state index contributed by atoms with van der Waals surface area (Å²) in [6.45, 7) is 5.95. The van der Waals surface area contributed by atoms with Crippen LogP contribution in [0.5, 0.6) is 0 Å². The van der Waals surface area contributed by atoms with Crippen LogP contribution < -0.4 is 16.0 Å². The molecule has 2 rings (SSSR count). The third-order valence-corrected chi connectivity index (χ3v) is 3.39. The summed E-state index contributed by atoms with van der Waals surface area (Å²) < 4.78 is 0. The lowest BCUT2D eigenvalue weighted by atomic mass is 10.0. The van der Waals surface area contributed by atoms with Crippen molar-refractivity contribution in [3.63, 3.8) is 0 Å². The lowest BCUT2D eigenvalue weighted by molar-refractivity contribution is -0.132. The van der Waals surface area contributed by atoms with Gasteiger partial charge in [0, 0.05) is 5.56 Å². The Balaban J connectivity index is 2.50. The van der Waals surface area contributed by atoms with Gasteiger partial charge in [0.2, 0.25) is 11.8 Å². The van der Waals surface area contributed by atoms with Gasteiger partial charge in [0.1, 0.15) is 24.0 Å². The van der Waals surface area contributed by atoms with E-state index >= 15 is 0 Å². The van der Waals surface area contributed by atoms with E-state index in [1.54, 1.807) is 4.90 Å². The maximum Gasteiger partial charge on any atom is 0.249 e. The Hall–Kier alpha value is -2.18. The minimum absolute atomic E-state index is 0.0976. The van der Waals surface area contributed by atoms with Crippen molar-refractivity contribution in [1.82, 2.24) is 15.3 Å². The first-order chi connectivity index (χ1) is 9.45. The molecule has 1 atom stereocenters. The Morgan fingerprint density at radius 2 is 2.15 bits per heavy atom. The monoisotopic (exact) mass is 277 g/mol. The maximum atomic E-state index is 11.9. The van der Waals surface area contributed by atoms with Crippen LogP contribution in [0, 0.1) is 0 Å². The molecule has 0 radical (unpaired) electrons. The highest BCUT2D eigenvalue weighted by Gasteiger charge is 2.35. The Morgan fingerprint density at radius 1 is 1.45 bits per heavy atom. The Labute approximate surface area is 117 Å². The average molecular weight is 277 g/mol. The standard InChI is InChI=1S/C13H19N5O2/c1-4-8-13(20)17-9(19)5-18(8)12-10(7(2)3)11(14)15-6-16-12/h6-8H,4-5H2,1-3H3,(H2,14,15,16)(H,17,19,20). The second-order valence-corrected chi connectivity index (χ2v) is 5.12. The molecule has 1 saturated heterocycles. The molecule has 7 nitrogen and oxygen atoms in total. The summed E-state index contributed by atoms with van der Waals surface area (Å²) in [6.07, 6.45) is 1.95. The van der Waals surface area contributed by atoms with Gasteiger partial charge in [-0.1, -0.05) is 20.8 Å². The fourth-order valence-corrected chi connectivity index (χ4v) is 2.48. The normalized spacial score (nSPS) is 19.4. The van der Waals surface area contributed by atoms with Gasteiger partial charge >= 0.3 is 0 Å². The van der Waals surface area contributed by atoms with Crippen molar-refractivity contribution in [3.05, 3.63) is 11.9 Å². The molecule has 1 aliphatic heterocycles. The van der Waals surface area contributed by atoms with Gasteiger partial charge in [-0.15, -0.1) is 0 Å². The highest BCUT2D eigenvalue weighted by molar-refractivity contribution is 6.04. The van der Waals surface area contributed by atoms with Gasteiger partial charge < -0.3 is 10.6 Å². The number of imide groups is 1. The molecule has 0 saturated carbocycles. The van der Waals surface area contributed by atoms with E-state index in [1.165, 1.54) is 6.33 Å². The van der Waals surface area contributed by atoms with Crippen molar-refractivity contribution in [2.75, 3.05) is 17.2 Å². The number of amides is 2. The Morgan fingerprint density at radius 3 is 2.75 bits per heavy atom. The molecule has 2 amide bonds. The molecule has 1 aliphatic rings. The maximum absolute atomic E-state index is 11.9. The molecule has 108 valence electrons. The predicted octanol–water partition coefficient (Wildman–Crippen LogP) is 0.424. The minimum Gasteiger partial charge on any atom is -0.383 e. The number of piperazine rings is 1. The summed E-state index contributed by atoms with van der Waals surface area (Å²) in [6, 6.07) is -0.417. The second kappa shape index (κ2) is 5.44. The minimum atomic E-state index is -0.417. The number of nitrogens with zero attached hydrogens (tertiary/aromatic N) is 3. The molecule has 7 heteroatoms. The summed E-state index contributed by atoms with van der Waals surface area (Å²) in [5.74, 6) is 0.437. The molecule has 3 N–H and O–H groups in total. The van der Waals surface area contributed by atoms with Crippen LogP contribution in [-0.4, -0.2) is 34.4 Å². The third-order valence-electron chi connectivity index (χ3n) is 3.39. The molecule has 0 aromatic carbocycles. The molecular formula is C13H19N5O2.